The van der Waals surface area contributed by atoms with Crippen LogP contribution in [0.5, 0.6) is 0 Å². The van der Waals surface area contributed by atoms with Crippen LogP contribution in [-0.4, -0.2) is 46.9 Å². The van der Waals surface area contributed by atoms with E-state index in [0.29, 0.717) is 12.1 Å². The number of hydrogen-bond acceptors (Lipinski definition) is 3. The van der Waals surface area contributed by atoms with Gasteiger partial charge in [0.25, 0.3) is 0 Å². The van der Waals surface area contributed by atoms with Gasteiger partial charge in [-0.15, -0.1) is 0 Å². The van der Waals surface area contributed by atoms with E-state index >= 15 is 0 Å². The zero-order valence-corrected chi connectivity index (χ0v) is 14.2. The number of likely N-dealkylation sites (tertiary alicyclic amines) is 1. The summed E-state index contributed by atoms with van der Waals surface area (Å²) in [6.45, 7) is 4.64. The quantitative estimate of drug-likeness (QED) is 0.877. The third-order valence-electron chi connectivity index (χ3n) is 5.04. The lowest BCUT2D eigenvalue weighted by molar-refractivity contribution is -0.136. The molecule has 1 heterocycles. The number of amides is 1. The monoisotopic (exact) mass is 315 g/mol. The van der Waals surface area contributed by atoms with Crippen molar-refractivity contribution in [2.24, 2.45) is 5.73 Å². The lowest BCUT2D eigenvalue weighted by Gasteiger charge is -2.39. The number of carbonyl (C=O) groups is 1. The van der Waals surface area contributed by atoms with E-state index in [0.717, 1.165) is 32.5 Å². The first kappa shape index (κ1) is 16.5. The van der Waals surface area contributed by atoms with E-state index in [9.17, 15) is 4.79 Å². The van der Waals surface area contributed by atoms with Crippen molar-refractivity contribution in [3.05, 3.63) is 35.9 Å². The summed E-state index contributed by atoms with van der Waals surface area (Å²) in [5, 5.41) is 0. The number of benzene rings is 1. The molecule has 23 heavy (non-hydrogen) atoms. The van der Waals surface area contributed by atoms with Gasteiger partial charge in [-0.1, -0.05) is 30.3 Å². The van der Waals surface area contributed by atoms with Crippen molar-refractivity contribution in [1.82, 2.24) is 9.80 Å². The van der Waals surface area contributed by atoms with Crippen LogP contribution in [0, 0.1) is 0 Å². The molecule has 126 valence electrons. The Labute approximate surface area is 139 Å². The zero-order valence-electron chi connectivity index (χ0n) is 14.2. The Morgan fingerprint density at radius 2 is 2.00 bits per heavy atom. The fourth-order valence-corrected chi connectivity index (χ4v) is 3.61. The minimum absolute atomic E-state index is 0.116. The standard InChI is InChI=1S/C19H29N3O/c1-15(20)19(23)22-12-6-5-9-18(22)14-21(17-10-11-17)13-16-7-3-2-4-8-16/h2-4,7-8,15,17-18H,5-6,9-14,20H2,1H3/t15?,18-/m0/s1. The summed E-state index contributed by atoms with van der Waals surface area (Å²) in [4.78, 5) is 17.0. The van der Waals surface area contributed by atoms with Crippen molar-refractivity contribution in [3.8, 4) is 0 Å². The van der Waals surface area contributed by atoms with Crippen LogP contribution in [0.4, 0.5) is 0 Å². The maximum atomic E-state index is 12.4. The largest absolute Gasteiger partial charge is 0.337 e. The number of nitrogens with two attached hydrogens (primary N) is 1. The Balaban J connectivity index is 1.67. The van der Waals surface area contributed by atoms with Gasteiger partial charge < -0.3 is 10.6 Å². The molecular formula is C19H29N3O. The van der Waals surface area contributed by atoms with Crippen molar-refractivity contribution in [2.75, 3.05) is 13.1 Å². The fraction of sp³-hybridized carbons (Fsp3) is 0.632. The summed E-state index contributed by atoms with van der Waals surface area (Å²) in [6, 6.07) is 11.3. The third kappa shape index (κ3) is 4.33. The SMILES string of the molecule is CC(N)C(=O)N1CCCC[C@H]1CN(Cc1ccccc1)C1CC1. The van der Waals surface area contributed by atoms with E-state index in [1.54, 1.807) is 6.92 Å². The van der Waals surface area contributed by atoms with E-state index in [2.05, 4.69) is 40.1 Å². The maximum Gasteiger partial charge on any atom is 0.239 e. The van der Waals surface area contributed by atoms with Crippen LogP contribution in [0.25, 0.3) is 0 Å². The van der Waals surface area contributed by atoms with Crippen molar-refractivity contribution in [3.63, 3.8) is 0 Å². The summed E-state index contributed by atoms with van der Waals surface area (Å²) >= 11 is 0. The van der Waals surface area contributed by atoms with Gasteiger partial charge in [-0.2, -0.15) is 0 Å². The molecule has 0 radical (unpaired) electrons. The average molecular weight is 315 g/mol. The molecule has 2 aliphatic rings. The molecule has 1 saturated carbocycles. The molecule has 2 fully saturated rings. The number of rotatable bonds is 6. The minimum atomic E-state index is -0.390. The Kier molecular flexibility index (Phi) is 5.34. The van der Waals surface area contributed by atoms with Crippen molar-refractivity contribution < 1.29 is 4.79 Å². The molecule has 1 saturated heterocycles. The molecule has 1 aromatic rings. The van der Waals surface area contributed by atoms with Gasteiger partial charge in [0.2, 0.25) is 5.91 Å². The van der Waals surface area contributed by atoms with Gasteiger partial charge in [-0.25, -0.2) is 0 Å². The first-order valence-corrected chi connectivity index (χ1v) is 8.99. The molecule has 2 atom stereocenters. The summed E-state index contributed by atoms with van der Waals surface area (Å²) in [7, 11) is 0. The molecule has 1 aliphatic carbocycles. The highest BCUT2D eigenvalue weighted by atomic mass is 16.2. The molecule has 3 rings (SSSR count). The Morgan fingerprint density at radius 1 is 1.26 bits per heavy atom. The fourth-order valence-electron chi connectivity index (χ4n) is 3.61. The van der Waals surface area contributed by atoms with Crippen LogP contribution in [0.15, 0.2) is 30.3 Å². The molecule has 4 heteroatoms. The first-order valence-electron chi connectivity index (χ1n) is 8.99. The van der Waals surface area contributed by atoms with Crippen molar-refractivity contribution in [1.29, 1.82) is 0 Å². The number of carbonyl (C=O) groups excluding carboxylic acids is 1. The van der Waals surface area contributed by atoms with Crippen LogP contribution in [0.2, 0.25) is 0 Å². The lowest BCUT2D eigenvalue weighted by Crippen LogP contribution is -2.53. The van der Waals surface area contributed by atoms with E-state index in [1.807, 2.05) is 0 Å². The smallest absolute Gasteiger partial charge is 0.239 e. The predicted molar refractivity (Wildman–Crippen MR) is 92.9 cm³/mol. The Morgan fingerprint density at radius 3 is 2.65 bits per heavy atom. The van der Waals surface area contributed by atoms with Gasteiger partial charge >= 0.3 is 0 Å². The van der Waals surface area contributed by atoms with E-state index < -0.39 is 0 Å². The third-order valence-corrected chi connectivity index (χ3v) is 5.04. The molecule has 1 aromatic carbocycles. The van der Waals surface area contributed by atoms with E-state index in [-0.39, 0.29) is 11.9 Å². The van der Waals surface area contributed by atoms with Gasteiger partial charge in [0, 0.05) is 31.7 Å². The molecule has 1 amide bonds. The summed E-state index contributed by atoms with van der Waals surface area (Å²) in [6.07, 6.45) is 6.02. The predicted octanol–water partition coefficient (Wildman–Crippen LogP) is 2.38. The molecule has 0 aromatic heterocycles. The van der Waals surface area contributed by atoms with Gasteiger partial charge in [0.05, 0.1) is 6.04 Å². The van der Waals surface area contributed by atoms with Crippen LogP contribution in [-0.2, 0) is 11.3 Å². The Bertz CT molecular complexity index is 513. The minimum Gasteiger partial charge on any atom is -0.337 e. The lowest BCUT2D eigenvalue weighted by atomic mass is 10.00. The normalized spacial score (nSPS) is 23.1. The van der Waals surface area contributed by atoms with Gasteiger partial charge in [0.15, 0.2) is 0 Å². The van der Waals surface area contributed by atoms with Gasteiger partial charge in [-0.05, 0) is 44.6 Å². The Hall–Kier alpha value is -1.39. The zero-order chi connectivity index (χ0) is 16.2. The molecular weight excluding hydrogens is 286 g/mol. The molecule has 1 unspecified atom stereocenters. The highest BCUT2D eigenvalue weighted by molar-refractivity contribution is 5.81. The van der Waals surface area contributed by atoms with Gasteiger partial charge in [0.1, 0.15) is 0 Å². The number of hydrogen-bond donors (Lipinski definition) is 1. The molecule has 1 aliphatic heterocycles. The van der Waals surface area contributed by atoms with Crippen molar-refractivity contribution >= 4 is 5.91 Å². The summed E-state index contributed by atoms with van der Waals surface area (Å²) < 4.78 is 0. The number of nitrogens with zero attached hydrogens (tertiary/aromatic N) is 2. The first-order chi connectivity index (χ1) is 11.1. The second-order valence-corrected chi connectivity index (χ2v) is 7.12. The van der Waals surface area contributed by atoms with Crippen LogP contribution in [0.1, 0.15) is 44.6 Å². The second-order valence-electron chi connectivity index (χ2n) is 7.12. The van der Waals surface area contributed by atoms with Gasteiger partial charge in [-0.3, -0.25) is 9.69 Å². The summed E-state index contributed by atoms with van der Waals surface area (Å²) in [5.74, 6) is 0.116. The maximum absolute atomic E-state index is 12.4. The highest BCUT2D eigenvalue weighted by Gasteiger charge is 2.34. The van der Waals surface area contributed by atoms with Crippen molar-refractivity contribution in [2.45, 2.75) is 63.7 Å². The second kappa shape index (κ2) is 7.45. The van der Waals surface area contributed by atoms with Crippen LogP contribution in [0.3, 0.4) is 0 Å². The molecule has 0 spiro atoms. The number of piperidine rings is 1. The topological polar surface area (TPSA) is 49.6 Å². The van der Waals surface area contributed by atoms with E-state index in [1.165, 1.54) is 24.8 Å². The molecule has 0 bridgehead atoms. The highest BCUT2D eigenvalue weighted by Crippen LogP contribution is 2.30. The van der Waals surface area contributed by atoms with Crippen LogP contribution >= 0.6 is 0 Å². The van der Waals surface area contributed by atoms with E-state index in [4.69, 9.17) is 5.73 Å². The molecule has 2 N–H and O–H groups in total. The average Bonchev–Trinajstić information content (AvgIpc) is 3.40. The summed E-state index contributed by atoms with van der Waals surface area (Å²) in [5.41, 5.74) is 7.21. The van der Waals surface area contributed by atoms with Crippen LogP contribution < -0.4 is 5.73 Å². The molecule has 4 nitrogen and oxygen atoms in total.